The van der Waals surface area contributed by atoms with Crippen LogP contribution in [0.25, 0.3) is 0 Å². The second-order valence-corrected chi connectivity index (χ2v) is 3.56. The third kappa shape index (κ3) is 1.47. The number of halogens is 2. The van der Waals surface area contributed by atoms with Crippen molar-refractivity contribution in [1.29, 1.82) is 0 Å². The molecule has 1 rings (SSSR count). The van der Waals surface area contributed by atoms with Crippen molar-refractivity contribution in [3.05, 3.63) is 0 Å². The molecule has 1 fully saturated rings. The Morgan fingerprint density at radius 3 is 2.40 bits per heavy atom. The summed E-state index contributed by atoms with van der Waals surface area (Å²) in [6, 6.07) is 0. The third-order valence-corrected chi connectivity index (χ3v) is 2.56. The van der Waals surface area contributed by atoms with Crippen LogP contribution in [-0.2, 0) is 0 Å². The molecule has 3 atom stereocenters. The molecule has 0 spiro atoms. The van der Waals surface area contributed by atoms with E-state index in [9.17, 15) is 8.78 Å². The van der Waals surface area contributed by atoms with Crippen LogP contribution in [0.2, 0.25) is 0 Å². The Kier molecular flexibility index (Phi) is 1.97. The van der Waals surface area contributed by atoms with E-state index < -0.39 is 11.8 Å². The molecule has 0 aromatic rings. The van der Waals surface area contributed by atoms with Gasteiger partial charge in [-0.2, -0.15) is 0 Å². The number of hydrogen-bond acceptors (Lipinski definition) is 0. The Bertz CT molecular complexity index is 120. The van der Waals surface area contributed by atoms with Gasteiger partial charge in [-0.15, -0.1) is 0 Å². The minimum atomic E-state index is -1.27. The lowest BCUT2D eigenvalue weighted by Crippen LogP contribution is -2.35. The molecule has 0 bridgehead atoms. The lowest BCUT2D eigenvalue weighted by atomic mass is 9.78. The van der Waals surface area contributed by atoms with Crippen LogP contribution in [0.3, 0.4) is 0 Å². The molecule has 0 amide bonds. The topological polar surface area (TPSA) is 0 Å². The van der Waals surface area contributed by atoms with Gasteiger partial charge in [0.2, 0.25) is 0 Å². The molecule has 0 N–H and O–H groups in total. The summed E-state index contributed by atoms with van der Waals surface area (Å²) in [4.78, 5) is 0. The molecule has 0 aromatic carbocycles. The van der Waals surface area contributed by atoms with Gasteiger partial charge in [0, 0.05) is 6.42 Å². The number of rotatable bonds is 0. The first-order valence-corrected chi connectivity index (χ1v) is 3.85. The van der Waals surface area contributed by atoms with E-state index in [1.165, 1.54) is 6.92 Å². The van der Waals surface area contributed by atoms with Gasteiger partial charge in [-0.25, -0.2) is 8.78 Å². The monoisotopic (exact) mass is 148 g/mol. The van der Waals surface area contributed by atoms with E-state index in [1.807, 2.05) is 6.92 Å². The molecule has 0 radical (unpaired) electrons. The summed E-state index contributed by atoms with van der Waals surface area (Å²) in [6.07, 6.45) is 0.412. The zero-order valence-electron chi connectivity index (χ0n) is 6.53. The fourth-order valence-corrected chi connectivity index (χ4v) is 1.47. The van der Waals surface area contributed by atoms with Crippen LogP contribution in [0, 0.1) is 5.92 Å². The molecule has 0 aliphatic heterocycles. The molecule has 60 valence electrons. The van der Waals surface area contributed by atoms with Gasteiger partial charge in [0.1, 0.15) is 11.8 Å². The van der Waals surface area contributed by atoms with Crippen LogP contribution < -0.4 is 0 Å². The molecule has 0 saturated heterocycles. The average Bonchev–Trinajstić information content (AvgIpc) is 1.78. The molecule has 0 nitrogen and oxygen atoms in total. The van der Waals surface area contributed by atoms with Crippen LogP contribution in [-0.4, -0.2) is 11.8 Å². The molecule has 0 heterocycles. The standard InChI is InChI=1S/C8H14F2/c1-6-3-4-7(9)5-8(6,2)10/h6-7H,3-5H2,1-2H3/t6-,7?,8?/m1/s1. The highest BCUT2D eigenvalue weighted by Crippen LogP contribution is 2.37. The first kappa shape index (κ1) is 7.96. The Balaban J connectivity index is 2.55. The van der Waals surface area contributed by atoms with E-state index in [4.69, 9.17) is 0 Å². The highest BCUT2D eigenvalue weighted by atomic mass is 19.2. The highest BCUT2D eigenvalue weighted by molar-refractivity contribution is 4.87. The Hall–Kier alpha value is -0.140. The summed E-state index contributed by atoms with van der Waals surface area (Å²) in [5.74, 6) is 0.0273. The van der Waals surface area contributed by atoms with Gasteiger partial charge in [0.25, 0.3) is 0 Å². The summed E-state index contributed by atoms with van der Waals surface area (Å²) >= 11 is 0. The van der Waals surface area contributed by atoms with E-state index in [1.54, 1.807) is 0 Å². The van der Waals surface area contributed by atoms with E-state index in [0.29, 0.717) is 12.8 Å². The average molecular weight is 148 g/mol. The molecule has 10 heavy (non-hydrogen) atoms. The molecule has 1 aliphatic carbocycles. The lowest BCUT2D eigenvalue weighted by molar-refractivity contribution is 0.0254. The lowest BCUT2D eigenvalue weighted by Gasteiger charge is -2.33. The van der Waals surface area contributed by atoms with Gasteiger partial charge in [-0.3, -0.25) is 0 Å². The summed E-state index contributed by atoms with van der Waals surface area (Å²) in [5, 5.41) is 0. The molecular formula is C8H14F2. The smallest absolute Gasteiger partial charge is 0.113 e. The van der Waals surface area contributed by atoms with E-state index in [-0.39, 0.29) is 12.3 Å². The Morgan fingerprint density at radius 1 is 1.40 bits per heavy atom. The van der Waals surface area contributed by atoms with E-state index in [2.05, 4.69) is 0 Å². The minimum Gasteiger partial charge on any atom is -0.247 e. The van der Waals surface area contributed by atoms with Crippen molar-refractivity contribution >= 4 is 0 Å². The summed E-state index contributed by atoms with van der Waals surface area (Å²) in [7, 11) is 0. The maximum Gasteiger partial charge on any atom is 0.113 e. The molecule has 1 aliphatic rings. The summed E-state index contributed by atoms with van der Waals surface area (Å²) in [5.41, 5.74) is -1.27. The summed E-state index contributed by atoms with van der Waals surface area (Å²) < 4.78 is 25.9. The minimum absolute atomic E-state index is 0.0273. The van der Waals surface area contributed by atoms with Gasteiger partial charge in [0.15, 0.2) is 0 Å². The van der Waals surface area contributed by atoms with Crippen LogP contribution in [0.15, 0.2) is 0 Å². The number of hydrogen-bond donors (Lipinski definition) is 0. The predicted molar refractivity (Wildman–Crippen MR) is 37.4 cm³/mol. The van der Waals surface area contributed by atoms with E-state index >= 15 is 0 Å². The molecular weight excluding hydrogens is 134 g/mol. The van der Waals surface area contributed by atoms with Crippen molar-refractivity contribution in [2.75, 3.05) is 0 Å². The van der Waals surface area contributed by atoms with Crippen molar-refractivity contribution in [3.8, 4) is 0 Å². The zero-order chi connectivity index (χ0) is 7.78. The quantitative estimate of drug-likeness (QED) is 0.495. The van der Waals surface area contributed by atoms with Crippen molar-refractivity contribution in [3.63, 3.8) is 0 Å². The van der Waals surface area contributed by atoms with Crippen LogP contribution in [0.5, 0.6) is 0 Å². The highest BCUT2D eigenvalue weighted by Gasteiger charge is 2.37. The van der Waals surface area contributed by atoms with Crippen molar-refractivity contribution in [2.24, 2.45) is 5.92 Å². The first-order chi connectivity index (χ1) is 4.52. The molecule has 2 unspecified atom stereocenters. The van der Waals surface area contributed by atoms with Crippen LogP contribution >= 0.6 is 0 Å². The van der Waals surface area contributed by atoms with Gasteiger partial charge in [-0.1, -0.05) is 6.92 Å². The molecule has 2 heteroatoms. The Labute approximate surface area is 60.6 Å². The first-order valence-electron chi connectivity index (χ1n) is 3.85. The SMILES string of the molecule is C[C@@H]1CCC(F)CC1(C)F. The largest absolute Gasteiger partial charge is 0.247 e. The second kappa shape index (κ2) is 2.48. The predicted octanol–water partition coefficient (Wildman–Crippen LogP) is 2.87. The fourth-order valence-electron chi connectivity index (χ4n) is 1.47. The maximum absolute atomic E-state index is 13.3. The summed E-state index contributed by atoms with van der Waals surface area (Å²) in [6.45, 7) is 3.36. The van der Waals surface area contributed by atoms with Gasteiger partial charge in [-0.05, 0) is 25.7 Å². The molecule has 1 saturated carbocycles. The maximum atomic E-state index is 13.3. The third-order valence-electron chi connectivity index (χ3n) is 2.56. The van der Waals surface area contributed by atoms with Crippen LogP contribution in [0.4, 0.5) is 8.78 Å². The van der Waals surface area contributed by atoms with Gasteiger partial charge in [0.05, 0.1) is 0 Å². The second-order valence-electron chi connectivity index (χ2n) is 3.56. The van der Waals surface area contributed by atoms with Crippen molar-refractivity contribution in [2.45, 2.75) is 45.0 Å². The fraction of sp³-hybridized carbons (Fsp3) is 1.00. The molecule has 0 aromatic heterocycles. The van der Waals surface area contributed by atoms with E-state index in [0.717, 1.165) is 0 Å². The number of alkyl halides is 2. The Morgan fingerprint density at radius 2 is 2.00 bits per heavy atom. The normalized spacial score (nSPS) is 49.2. The van der Waals surface area contributed by atoms with Gasteiger partial charge >= 0.3 is 0 Å². The van der Waals surface area contributed by atoms with Crippen LogP contribution in [0.1, 0.15) is 33.1 Å². The van der Waals surface area contributed by atoms with Crippen molar-refractivity contribution in [1.82, 2.24) is 0 Å². The van der Waals surface area contributed by atoms with Gasteiger partial charge < -0.3 is 0 Å². The van der Waals surface area contributed by atoms with Crippen molar-refractivity contribution < 1.29 is 8.78 Å². The zero-order valence-corrected chi connectivity index (χ0v) is 6.53.